The van der Waals surface area contributed by atoms with Crippen molar-refractivity contribution < 1.29 is 14.3 Å². The second kappa shape index (κ2) is 7.20. The molecule has 1 fully saturated rings. The maximum Gasteiger partial charge on any atom is 0.253 e. The van der Waals surface area contributed by atoms with Gasteiger partial charge in [0.2, 0.25) is 5.91 Å². The maximum absolute atomic E-state index is 12.9. The van der Waals surface area contributed by atoms with Crippen LogP contribution < -0.4 is 5.32 Å². The lowest BCUT2D eigenvalue weighted by Gasteiger charge is -2.29. The number of hydrogen-bond acceptors (Lipinski definition) is 6. The van der Waals surface area contributed by atoms with Gasteiger partial charge in [-0.1, -0.05) is 0 Å². The number of fused-ring (bicyclic) bond motifs is 1. The fourth-order valence-corrected chi connectivity index (χ4v) is 3.39. The fourth-order valence-electron chi connectivity index (χ4n) is 3.39. The first-order valence-corrected chi connectivity index (χ1v) is 8.71. The number of carbonyl (C=O) groups excluding carboxylic acids is 2. The molecule has 0 bridgehead atoms. The third-order valence-electron chi connectivity index (χ3n) is 4.73. The van der Waals surface area contributed by atoms with Crippen LogP contribution >= 0.6 is 0 Å². The molecule has 1 unspecified atom stereocenters. The Bertz CT molecular complexity index is 800. The summed E-state index contributed by atoms with van der Waals surface area (Å²) in [5.74, 6) is 1.24. The summed E-state index contributed by atoms with van der Waals surface area (Å²) < 4.78 is 7.20. The Morgan fingerprint density at radius 2 is 2.12 bits per heavy atom. The van der Waals surface area contributed by atoms with Crippen molar-refractivity contribution in [1.82, 2.24) is 30.0 Å². The highest BCUT2D eigenvalue weighted by Gasteiger charge is 2.35. The number of amides is 2. The number of carbonyl (C=O) groups is 2. The van der Waals surface area contributed by atoms with E-state index in [0.717, 1.165) is 5.82 Å². The van der Waals surface area contributed by atoms with Crippen LogP contribution in [0.1, 0.15) is 34.5 Å². The van der Waals surface area contributed by atoms with Gasteiger partial charge < -0.3 is 19.5 Å². The van der Waals surface area contributed by atoms with Crippen molar-refractivity contribution in [2.75, 3.05) is 26.3 Å². The summed E-state index contributed by atoms with van der Waals surface area (Å²) in [6, 6.07) is 3.10. The quantitative estimate of drug-likeness (QED) is 0.824. The molecule has 9 heteroatoms. The number of aromatic nitrogens is 4. The van der Waals surface area contributed by atoms with Crippen LogP contribution in [0, 0.1) is 0 Å². The molecule has 136 valence electrons. The predicted molar refractivity (Wildman–Crippen MR) is 90.2 cm³/mol. The van der Waals surface area contributed by atoms with Gasteiger partial charge in [0.05, 0.1) is 25.3 Å². The Balaban J connectivity index is 1.46. The van der Waals surface area contributed by atoms with E-state index in [1.54, 1.807) is 18.3 Å². The highest BCUT2D eigenvalue weighted by molar-refractivity contribution is 5.93. The molecule has 0 saturated carbocycles. The number of hydrogen-bond donors (Lipinski definition) is 1. The summed E-state index contributed by atoms with van der Waals surface area (Å²) in [6.07, 6.45) is 4.55. The Labute approximate surface area is 150 Å². The zero-order valence-electron chi connectivity index (χ0n) is 14.3. The van der Waals surface area contributed by atoms with Gasteiger partial charge in [-0.15, -0.1) is 10.2 Å². The Morgan fingerprint density at radius 3 is 2.88 bits per heavy atom. The van der Waals surface area contributed by atoms with Gasteiger partial charge in [0.25, 0.3) is 5.91 Å². The summed E-state index contributed by atoms with van der Waals surface area (Å²) in [5, 5.41) is 11.2. The van der Waals surface area contributed by atoms with Crippen LogP contribution in [0.15, 0.2) is 24.5 Å². The molecule has 2 aromatic heterocycles. The average Bonchev–Trinajstić information content (AvgIpc) is 3.29. The Hall–Kier alpha value is -2.81. The Kier molecular flexibility index (Phi) is 4.61. The number of morpholine rings is 1. The molecule has 0 aliphatic carbocycles. The summed E-state index contributed by atoms with van der Waals surface area (Å²) in [7, 11) is 0. The number of nitrogens with one attached hydrogen (secondary N) is 1. The lowest BCUT2D eigenvalue weighted by molar-refractivity contribution is -0.138. The van der Waals surface area contributed by atoms with Crippen LogP contribution in [0.25, 0.3) is 0 Å². The van der Waals surface area contributed by atoms with Gasteiger partial charge in [-0.2, -0.15) is 0 Å². The SMILES string of the molecule is O=C(NCc1nnc2n1C(C(=O)N1CCOCC1)CC2)c1cccnc1. The molecule has 0 aromatic carbocycles. The topological polar surface area (TPSA) is 102 Å². The van der Waals surface area contributed by atoms with Crippen molar-refractivity contribution in [2.45, 2.75) is 25.4 Å². The molecular formula is C17H20N6O3. The van der Waals surface area contributed by atoms with Crippen molar-refractivity contribution in [1.29, 1.82) is 0 Å². The van der Waals surface area contributed by atoms with E-state index in [0.29, 0.717) is 50.5 Å². The number of nitrogens with zero attached hydrogens (tertiary/aromatic N) is 5. The first kappa shape index (κ1) is 16.6. The van der Waals surface area contributed by atoms with Crippen molar-refractivity contribution in [3.8, 4) is 0 Å². The molecular weight excluding hydrogens is 336 g/mol. The minimum atomic E-state index is -0.302. The van der Waals surface area contributed by atoms with Gasteiger partial charge in [0.15, 0.2) is 5.82 Å². The van der Waals surface area contributed by atoms with Crippen molar-refractivity contribution in [2.24, 2.45) is 0 Å². The second-order valence-electron chi connectivity index (χ2n) is 6.32. The first-order chi connectivity index (χ1) is 12.7. The van der Waals surface area contributed by atoms with Crippen molar-refractivity contribution in [3.05, 3.63) is 41.7 Å². The molecule has 2 aliphatic heterocycles. The lowest BCUT2D eigenvalue weighted by atomic mass is 10.2. The van der Waals surface area contributed by atoms with Gasteiger partial charge in [0.1, 0.15) is 11.9 Å². The normalized spacial score (nSPS) is 19.2. The van der Waals surface area contributed by atoms with E-state index in [1.807, 2.05) is 9.47 Å². The van der Waals surface area contributed by atoms with Gasteiger partial charge in [-0.05, 0) is 18.6 Å². The van der Waals surface area contributed by atoms with Crippen LogP contribution in [0.3, 0.4) is 0 Å². The lowest BCUT2D eigenvalue weighted by Crippen LogP contribution is -2.44. The zero-order chi connectivity index (χ0) is 17.9. The van der Waals surface area contributed by atoms with E-state index in [2.05, 4.69) is 20.5 Å². The summed E-state index contributed by atoms with van der Waals surface area (Å²) >= 11 is 0. The summed E-state index contributed by atoms with van der Waals surface area (Å²) in [6.45, 7) is 2.58. The second-order valence-corrected chi connectivity index (χ2v) is 6.32. The molecule has 9 nitrogen and oxygen atoms in total. The molecule has 1 atom stereocenters. The number of pyridine rings is 1. The molecule has 2 amide bonds. The molecule has 4 rings (SSSR count). The van der Waals surface area contributed by atoms with Crippen LogP contribution in [0.5, 0.6) is 0 Å². The predicted octanol–water partition coefficient (Wildman–Crippen LogP) is -0.0508. The number of rotatable bonds is 4. The smallest absolute Gasteiger partial charge is 0.253 e. The molecule has 26 heavy (non-hydrogen) atoms. The highest BCUT2D eigenvalue weighted by Crippen LogP contribution is 2.28. The van der Waals surface area contributed by atoms with Crippen LogP contribution in [-0.2, 0) is 22.5 Å². The van der Waals surface area contributed by atoms with Gasteiger partial charge in [0, 0.05) is 31.9 Å². The minimum Gasteiger partial charge on any atom is -0.378 e. The van der Waals surface area contributed by atoms with E-state index < -0.39 is 0 Å². The number of aryl methyl sites for hydroxylation is 1. The average molecular weight is 356 g/mol. The van der Waals surface area contributed by atoms with Crippen LogP contribution in [0.4, 0.5) is 0 Å². The van der Waals surface area contributed by atoms with Crippen molar-refractivity contribution >= 4 is 11.8 Å². The Morgan fingerprint density at radius 1 is 1.27 bits per heavy atom. The molecule has 0 spiro atoms. The third kappa shape index (κ3) is 3.17. The van der Waals surface area contributed by atoms with E-state index in [-0.39, 0.29) is 24.4 Å². The van der Waals surface area contributed by atoms with Gasteiger partial charge in [-0.3, -0.25) is 14.6 Å². The van der Waals surface area contributed by atoms with E-state index in [9.17, 15) is 9.59 Å². The zero-order valence-corrected chi connectivity index (χ0v) is 14.3. The van der Waals surface area contributed by atoms with Gasteiger partial charge in [-0.25, -0.2) is 0 Å². The largest absolute Gasteiger partial charge is 0.378 e. The highest BCUT2D eigenvalue weighted by atomic mass is 16.5. The third-order valence-corrected chi connectivity index (χ3v) is 4.73. The van der Waals surface area contributed by atoms with E-state index >= 15 is 0 Å². The summed E-state index contributed by atoms with van der Waals surface area (Å²) in [5.41, 5.74) is 0.481. The standard InChI is InChI=1S/C17H20N6O3/c24-16(12-2-1-5-18-10-12)19-11-15-21-20-14-4-3-13(23(14)15)17(25)22-6-8-26-9-7-22/h1-2,5,10,13H,3-4,6-9,11H2,(H,19,24). The van der Waals surface area contributed by atoms with Crippen molar-refractivity contribution in [3.63, 3.8) is 0 Å². The summed E-state index contributed by atoms with van der Waals surface area (Å²) in [4.78, 5) is 30.9. The molecule has 2 aromatic rings. The number of ether oxygens (including phenoxy) is 1. The van der Waals surface area contributed by atoms with Crippen LogP contribution in [0.2, 0.25) is 0 Å². The monoisotopic (exact) mass is 356 g/mol. The minimum absolute atomic E-state index is 0.0756. The van der Waals surface area contributed by atoms with E-state index in [1.165, 1.54) is 6.20 Å². The molecule has 1 saturated heterocycles. The molecule has 0 radical (unpaired) electrons. The molecule has 4 heterocycles. The maximum atomic E-state index is 12.9. The van der Waals surface area contributed by atoms with E-state index in [4.69, 9.17) is 4.74 Å². The first-order valence-electron chi connectivity index (χ1n) is 8.71. The van der Waals surface area contributed by atoms with Gasteiger partial charge >= 0.3 is 0 Å². The van der Waals surface area contributed by atoms with Crippen LogP contribution in [-0.4, -0.2) is 62.8 Å². The molecule has 2 aliphatic rings. The fraction of sp³-hybridized carbons (Fsp3) is 0.471. The molecule has 1 N–H and O–H groups in total.